The molecule has 0 aromatic carbocycles. The van der Waals surface area contributed by atoms with Crippen LogP contribution in [0.4, 0.5) is 0 Å². The molecular formula is C7H15N3O3. The minimum Gasteiger partial charge on any atom is -0.368 e. The Kier molecular flexibility index (Phi) is 5.82. The number of amides is 2. The van der Waals surface area contributed by atoms with E-state index in [0.717, 1.165) is 0 Å². The second-order valence-corrected chi connectivity index (χ2v) is 2.82. The summed E-state index contributed by atoms with van der Waals surface area (Å²) >= 11 is 0. The van der Waals surface area contributed by atoms with Gasteiger partial charge in [0.2, 0.25) is 5.91 Å². The van der Waals surface area contributed by atoms with Crippen molar-refractivity contribution in [3.8, 4) is 0 Å². The van der Waals surface area contributed by atoms with E-state index in [9.17, 15) is 9.59 Å². The number of hydrogen-bond donors (Lipinski definition) is 3. The average Bonchev–Trinajstić information content (AvgIpc) is 2.00. The molecule has 0 aliphatic heterocycles. The van der Waals surface area contributed by atoms with Crippen molar-refractivity contribution in [3.63, 3.8) is 0 Å². The minimum atomic E-state index is -0.628. The highest BCUT2D eigenvalue weighted by atomic mass is 16.7. The molecule has 0 unspecified atom stereocenters. The van der Waals surface area contributed by atoms with Gasteiger partial charge in [-0.15, -0.1) is 0 Å². The molecule has 0 aromatic rings. The number of carbonyl (C=O) groups excluding carboxylic acids is 2. The van der Waals surface area contributed by atoms with Gasteiger partial charge in [-0.2, -0.15) is 0 Å². The van der Waals surface area contributed by atoms with Crippen LogP contribution in [0.5, 0.6) is 0 Å². The van der Waals surface area contributed by atoms with E-state index in [1.807, 2.05) is 13.8 Å². The van der Waals surface area contributed by atoms with Crippen molar-refractivity contribution in [1.82, 2.24) is 10.8 Å². The molecule has 0 rings (SSSR count). The van der Waals surface area contributed by atoms with Gasteiger partial charge < -0.3 is 11.1 Å². The Morgan fingerprint density at radius 3 is 2.54 bits per heavy atom. The largest absolute Gasteiger partial charge is 0.368 e. The van der Waals surface area contributed by atoms with Crippen molar-refractivity contribution in [3.05, 3.63) is 0 Å². The summed E-state index contributed by atoms with van der Waals surface area (Å²) in [7, 11) is 0. The molecule has 0 heterocycles. The van der Waals surface area contributed by atoms with Gasteiger partial charge in [0.25, 0.3) is 5.91 Å². The lowest BCUT2D eigenvalue weighted by Crippen LogP contribution is -2.38. The first kappa shape index (κ1) is 11.9. The molecule has 6 nitrogen and oxygen atoms in total. The summed E-state index contributed by atoms with van der Waals surface area (Å²) < 4.78 is 0. The minimum absolute atomic E-state index is 0.149. The van der Waals surface area contributed by atoms with E-state index < -0.39 is 5.91 Å². The summed E-state index contributed by atoms with van der Waals surface area (Å²) in [5, 5.41) is 2.88. The molecule has 4 N–H and O–H groups in total. The van der Waals surface area contributed by atoms with E-state index in [4.69, 9.17) is 5.73 Å². The highest BCUT2D eigenvalue weighted by molar-refractivity contribution is 5.78. The van der Waals surface area contributed by atoms with E-state index in [2.05, 4.69) is 15.6 Å². The summed E-state index contributed by atoms with van der Waals surface area (Å²) in [6.07, 6.45) is 0. The van der Waals surface area contributed by atoms with Crippen LogP contribution in [-0.2, 0) is 14.4 Å². The Hall–Kier alpha value is -1.14. The second kappa shape index (κ2) is 6.38. The fraction of sp³-hybridized carbons (Fsp3) is 0.714. The number of carbonyl (C=O) groups is 2. The van der Waals surface area contributed by atoms with Gasteiger partial charge in [-0.25, -0.2) is 5.48 Å². The highest BCUT2D eigenvalue weighted by Crippen LogP contribution is 1.75. The van der Waals surface area contributed by atoms with Gasteiger partial charge in [-0.05, 0) is 0 Å². The van der Waals surface area contributed by atoms with Crippen molar-refractivity contribution in [1.29, 1.82) is 0 Å². The van der Waals surface area contributed by atoms with Gasteiger partial charge in [0.05, 0.1) is 6.54 Å². The number of primary amides is 1. The highest BCUT2D eigenvalue weighted by Gasteiger charge is 2.02. The van der Waals surface area contributed by atoms with E-state index >= 15 is 0 Å². The SMILES string of the molecule is CC(C)NCC(=O)NOCC(N)=O. The lowest BCUT2D eigenvalue weighted by Gasteiger charge is -2.07. The molecule has 6 heteroatoms. The van der Waals surface area contributed by atoms with Crippen molar-refractivity contribution in [2.24, 2.45) is 5.73 Å². The van der Waals surface area contributed by atoms with Crippen LogP contribution >= 0.6 is 0 Å². The summed E-state index contributed by atoms with van der Waals surface area (Å²) in [6.45, 7) is 3.67. The molecule has 0 aliphatic carbocycles. The molecule has 0 spiro atoms. The first-order valence-corrected chi connectivity index (χ1v) is 3.94. The fourth-order valence-electron chi connectivity index (χ4n) is 0.521. The Morgan fingerprint density at radius 1 is 1.46 bits per heavy atom. The summed E-state index contributed by atoms with van der Waals surface area (Å²) in [5.41, 5.74) is 6.84. The quantitative estimate of drug-likeness (QED) is 0.444. The zero-order valence-corrected chi connectivity index (χ0v) is 7.79. The summed E-state index contributed by atoms with van der Waals surface area (Å²) in [6, 6.07) is 0.224. The van der Waals surface area contributed by atoms with E-state index in [-0.39, 0.29) is 25.1 Å². The maximum Gasteiger partial charge on any atom is 0.257 e. The molecule has 76 valence electrons. The molecule has 0 aromatic heterocycles. The molecular weight excluding hydrogens is 174 g/mol. The van der Waals surface area contributed by atoms with E-state index in [0.29, 0.717) is 0 Å². The van der Waals surface area contributed by atoms with Gasteiger partial charge in [0.15, 0.2) is 6.61 Å². The number of hydrogen-bond acceptors (Lipinski definition) is 4. The molecule has 0 radical (unpaired) electrons. The third-order valence-corrected chi connectivity index (χ3v) is 1.07. The molecule has 0 fully saturated rings. The van der Waals surface area contributed by atoms with Crippen molar-refractivity contribution < 1.29 is 14.4 Å². The van der Waals surface area contributed by atoms with Crippen LogP contribution in [0.1, 0.15) is 13.8 Å². The predicted molar refractivity (Wildman–Crippen MR) is 46.4 cm³/mol. The second-order valence-electron chi connectivity index (χ2n) is 2.82. The third-order valence-electron chi connectivity index (χ3n) is 1.07. The maximum absolute atomic E-state index is 10.9. The fourth-order valence-corrected chi connectivity index (χ4v) is 0.521. The van der Waals surface area contributed by atoms with Crippen molar-refractivity contribution in [2.45, 2.75) is 19.9 Å². The van der Waals surface area contributed by atoms with Crippen molar-refractivity contribution >= 4 is 11.8 Å². The van der Waals surface area contributed by atoms with Gasteiger partial charge in [-0.1, -0.05) is 13.8 Å². The zero-order valence-electron chi connectivity index (χ0n) is 7.79. The van der Waals surface area contributed by atoms with Crippen LogP contribution in [0.25, 0.3) is 0 Å². The predicted octanol–water partition coefficient (Wildman–Crippen LogP) is -1.48. The first-order valence-electron chi connectivity index (χ1n) is 3.94. The molecule has 2 amide bonds. The van der Waals surface area contributed by atoms with Gasteiger partial charge >= 0.3 is 0 Å². The Morgan fingerprint density at radius 2 is 2.08 bits per heavy atom. The topological polar surface area (TPSA) is 93.4 Å². The average molecular weight is 189 g/mol. The molecule has 0 aliphatic rings. The first-order chi connectivity index (χ1) is 6.02. The Bertz CT molecular complexity index is 182. The lowest BCUT2D eigenvalue weighted by molar-refractivity contribution is -0.137. The number of nitrogens with one attached hydrogen (secondary N) is 2. The monoisotopic (exact) mass is 189 g/mol. The van der Waals surface area contributed by atoms with Crippen LogP contribution in [0.2, 0.25) is 0 Å². The Balaban J connectivity index is 3.35. The van der Waals surface area contributed by atoms with Gasteiger partial charge in [0, 0.05) is 6.04 Å². The normalized spacial score (nSPS) is 10.1. The zero-order chi connectivity index (χ0) is 10.3. The van der Waals surface area contributed by atoms with E-state index in [1.54, 1.807) is 0 Å². The van der Waals surface area contributed by atoms with Crippen LogP contribution in [0.3, 0.4) is 0 Å². The third kappa shape index (κ3) is 8.77. The summed E-state index contributed by atoms with van der Waals surface area (Å²) in [4.78, 5) is 25.5. The van der Waals surface area contributed by atoms with E-state index in [1.165, 1.54) is 0 Å². The Labute approximate surface area is 76.8 Å². The maximum atomic E-state index is 10.9. The van der Waals surface area contributed by atoms with Crippen LogP contribution < -0.4 is 16.5 Å². The smallest absolute Gasteiger partial charge is 0.257 e. The molecule has 0 saturated heterocycles. The van der Waals surface area contributed by atoms with Crippen molar-refractivity contribution in [2.75, 3.05) is 13.2 Å². The lowest BCUT2D eigenvalue weighted by atomic mass is 10.4. The molecule has 0 bridgehead atoms. The van der Waals surface area contributed by atoms with Crippen LogP contribution in [0, 0.1) is 0 Å². The molecule has 0 saturated carbocycles. The molecule has 0 atom stereocenters. The standard InChI is InChI=1S/C7H15N3O3/c1-5(2)9-3-7(12)10-13-4-6(8)11/h5,9H,3-4H2,1-2H3,(H2,8,11)(H,10,12). The van der Waals surface area contributed by atoms with Crippen LogP contribution in [-0.4, -0.2) is 31.0 Å². The molecule has 13 heavy (non-hydrogen) atoms. The van der Waals surface area contributed by atoms with Crippen LogP contribution in [0.15, 0.2) is 0 Å². The van der Waals surface area contributed by atoms with Gasteiger partial charge in [0.1, 0.15) is 0 Å². The number of rotatable bonds is 6. The number of hydroxylamine groups is 1. The summed E-state index contributed by atoms with van der Waals surface area (Å²) in [5.74, 6) is -0.966. The number of nitrogens with two attached hydrogens (primary N) is 1. The van der Waals surface area contributed by atoms with Gasteiger partial charge in [-0.3, -0.25) is 14.4 Å².